The lowest BCUT2D eigenvalue weighted by atomic mass is 9.94. The fraction of sp³-hybridized carbons (Fsp3) is 0.318. The summed E-state index contributed by atoms with van der Waals surface area (Å²) in [4.78, 5) is 16.1. The summed E-state index contributed by atoms with van der Waals surface area (Å²) in [6.07, 6.45) is 7.89. The summed E-state index contributed by atoms with van der Waals surface area (Å²) < 4.78 is 20.8. The van der Waals surface area contributed by atoms with Crippen LogP contribution in [0, 0.1) is 5.82 Å². The molecular weight excluding hydrogens is 371 g/mol. The van der Waals surface area contributed by atoms with Gasteiger partial charge in [0.1, 0.15) is 0 Å². The van der Waals surface area contributed by atoms with E-state index in [0.29, 0.717) is 13.1 Å². The van der Waals surface area contributed by atoms with Gasteiger partial charge in [0.25, 0.3) is 5.91 Å². The van der Waals surface area contributed by atoms with Crippen LogP contribution in [0.25, 0.3) is 11.3 Å². The van der Waals surface area contributed by atoms with E-state index in [9.17, 15) is 9.18 Å². The van der Waals surface area contributed by atoms with Crippen LogP contribution < -0.4 is 10.1 Å². The standard InChI is InChI=1S/C22H23FN4O2/c23-18-6-2-4-8-20(18)29-15-21(28)25-13-14-27-19-7-3-1-5-17(19)22(26-27)16-9-11-24-12-10-16/h2,4,6,8-12H,1,3,5,7,13-15H2,(H,25,28). The molecule has 1 aliphatic rings. The van der Waals surface area contributed by atoms with Crippen LogP contribution >= 0.6 is 0 Å². The molecule has 1 N–H and O–H groups in total. The first kappa shape index (κ1) is 19.1. The second-order valence-electron chi connectivity index (χ2n) is 7.01. The van der Waals surface area contributed by atoms with E-state index in [1.165, 1.54) is 29.8 Å². The molecular formula is C22H23FN4O2. The van der Waals surface area contributed by atoms with Crippen molar-refractivity contribution in [1.29, 1.82) is 0 Å². The average Bonchev–Trinajstić information content (AvgIpc) is 3.13. The Morgan fingerprint density at radius 1 is 1.14 bits per heavy atom. The normalized spacial score (nSPS) is 13.0. The van der Waals surface area contributed by atoms with Gasteiger partial charge >= 0.3 is 0 Å². The van der Waals surface area contributed by atoms with Gasteiger partial charge in [0, 0.05) is 35.8 Å². The highest BCUT2D eigenvalue weighted by Crippen LogP contribution is 2.30. The number of rotatable bonds is 7. The Morgan fingerprint density at radius 2 is 1.93 bits per heavy atom. The summed E-state index contributed by atoms with van der Waals surface area (Å²) in [7, 11) is 0. The predicted molar refractivity (Wildman–Crippen MR) is 107 cm³/mol. The van der Waals surface area contributed by atoms with E-state index in [2.05, 4.69) is 10.3 Å². The number of hydrogen-bond acceptors (Lipinski definition) is 4. The Bertz CT molecular complexity index is 988. The SMILES string of the molecule is O=C(COc1ccccc1F)NCCn1nc(-c2ccncc2)c2c1CCCC2. The van der Waals surface area contributed by atoms with Gasteiger partial charge in [-0.2, -0.15) is 5.10 Å². The second kappa shape index (κ2) is 8.86. The number of para-hydroxylation sites is 1. The van der Waals surface area contributed by atoms with Crippen LogP contribution in [0.15, 0.2) is 48.8 Å². The average molecular weight is 394 g/mol. The zero-order valence-electron chi connectivity index (χ0n) is 16.1. The fourth-order valence-corrected chi connectivity index (χ4v) is 3.65. The maximum absolute atomic E-state index is 13.5. The molecule has 29 heavy (non-hydrogen) atoms. The van der Waals surface area contributed by atoms with Gasteiger partial charge in [-0.25, -0.2) is 4.39 Å². The van der Waals surface area contributed by atoms with Gasteiger partial charge in [-0.3, -0.25) is 14.5 Å². The first-order valence-corrected chi connectivity index (χ1v) is 9.85. The topological polar surface area (TPSA) is 69.0 Å². The Labute approximate surface area is 168 Å². The number of amides is 1. The van der Waals surface area contributed by atoms with Crippen molar-refractivity contribution in [2.45, 2.75) is 32.2 Å². The Morgan fingerprint density at radius 3 is 2.76 bits per heavy atom. The number of hydrogen-bond donors (Lipinski definition) is 1. The van der Waals surface area contributed by atoms with Crippen LogP contribution in [0.4, 0.5) is 4.39 Å². The van der Waals surface area contributed by atoms with E-state index in [1.807, 2.05) is 16.8 Å². The number of aromatic nitrogens is 3. The van der Waals surface area contributed by atoms with Crippen molar-refractivity contribution in [3.05, 3.63) is 65.9 Å². The van der Waals surface area contributed by atoms with Crippen molar-refractivity contribution in [3.8, 4) is 17.0 Å². The molecule has 1 amide bonds. The summed E-state index contributed by atoms with van der Waals surface area (Å²) in [6.45, 7) is 0.794. The van der Waals surface area contributed by atoms with E-state index in [1.54, 1.807) is 24.5 Å². The van der Waals surface area contributed by atoms with Gasteiger partial charge in [0.15, 0.2) is 18.2 Å². The Hall–Kier alpha value is -3.22. The molecule has 1 aliphatic carbocycles. The van der Waals surface area contributed by atoms with Crippen molar-refractivity contribution in [2.24, 2.45) is 0 Å². The molecule has 0 radical (unpaired) electrons. The van der Waals surface area contributed by atoms with Crippen LogP contribution in [0.5, 0.6) is 5.75 Å². The smallest absolute Gasteiger partial charge is 0.258 e. The maximum atomic E-state index is 13.5. The molecule has 150 valence electrons. The van der Waals surface area contributed by atoms with E-state index in [4.69, 9.17) is 9.84 Å². The summed E-state index contributed by atoms with van der Waals surface area (Å²) in [5.41, 5.74) is 4.63. The number of ether oxygens (including phenoxy) is 1. The van der Waals surface area contributed by atoms with Crippen LogP contribution in [0.2, 0.25) is 0 Å². The first-order valence-electron chi connectivity index (χ1n) is 9.85. The highest BCUT2D eigenvalue weighted by atomic mass is 19.1. The second-order valence-corrected chi connectivity index (χ2v) is 7.01. The minimum absolute atomic E-state index is 0.0748. The van der Waals surface area contributed by atoms with Crippen LogP contribution in [-0.4, -0.2) is 33.8 Å². The number of carbonyl (C=O) groups is 1. The van der Waals surface area contributed by atoms with Crippen molar-refractivity contribution < 1.29 is 13.9 Å². The molecule has 2 aromatic heterocycles. The summed E-state index contributed by atoms with van der Waals surface area (Å²) in [5, 5.41) is 7.64. The number of fused-ring (bicyclic) bond motifs is 1. The van der Waals surface area contributed by atoms with E-state index < -0.39 is 5.82 Å². The van der Waals surface area contributed by atoms with E-state index >= 15 is 0 Å². The van der Waals surface area contributed by atoms with Gasteiger partial charge in [0.05, 0.1) is 12.2 Å². The van der Waals surface area contributed by atoms with Gasteiger partial charge in [-0.1, -0.05) is 12.1 Å². The number of nitrogens with zero attached hydrogens (tertiary/aromatic N) is 3. The molecule has 0 spiro atoms. The molecule has 0 aliphatic heterocycles. The maximum Gasteiger partial charge on any atom is 0.258 e. The number of benzene rings is 1. The number of nitrogens with one attached hydrogen (secondary N) is 1. The van der Waals surface area contributed by atoms with Crippen molar-refractivity contribution in [1.82, 2.24) is 20.1 Å². The largest absolute Gasteiger partial charge is 0.481 e. The van der Waals surface area contributed by atoms with Gasteiger partial charge in [0.2, 0.25) is 0 Å². The molecule has 7 heteroatoms. The molecule has 4 rings (SSSR count). The zero-order chi connectivity index (χ0) is 20.1. The van der Waals surface area contributed by atoms with Crippen molar-refractivity contribution in [2.75, 3.05) is 13.2 Å². The molecule has 0 fully saturated rings. The van der Waals surface area contributed by atoms with Crippen molar-refractivity contribution in [3.63, 3.8) is 0 Å². The highest BCUT2D eigenvalue weighted by molar-refractivity contribution is 5.77. The summed E-state index contributed by atoms with van der Waals surface area (Å²) >= 11 is 0. The highest BCUT2D eigenvalue weighted by Gasteiger charge is 2.21. The van der Waals surface area contributed by atoms with Crippen LogP contribution in [0.1, 0.15) is 24.1 Å². The molecule has 0 bridgehead atoms. The summed E-state index contributed by atoms with van der Waals surface area (Å²) in [5.74, 6) is -0.693. The van der Waals surface area contributed by atoms with Gasteiger partial charge in [-0.15, -0.1) is 0 Å². The van der Waals surface area contributed by atoms with Crippen LogP contribution in [-0.2, 0) is 24.2 Å². The first-order chi connectivity index (χ1) is 14.2. The van der Waals surface area contributed by atoms with E-state index in [0.717, 1.165) is 30.5 Å². The molecule has 0 saturated carbocycles. The van der Waals surface area contributed by atoms with Gasteiger partial charge in [-0.05, 0) is 49.9 Å². The summed E-state index contributed by atoms with van der Waals surface area (Å²) in [6, 6.07) is 9.99. The Kier molecular flexibility index (Phi) is 5.84. The van der Waals surface area contributed by atoms with Gasteiger partial charge < -0.3 is 10.1 Å². The van der Waals surface area contributed by atoms with Crippen LogP contribution in [0.3, 0.4) is 0 Å². The monoisotopic (exact) mass is 394 g/mol. The third-order valence-corrected chi connectivity index (χ3v) is 5.05. The third kappa shape index (κ3) is 4.45. The molecule has 6 nitrogen and oxygen atoms in total. The Balaban J connectivity index is 1.37. The fourth-order valence-electron chi connectivity index (χ4n) is 3.65. The molecule has 0 saturated heterocycles. The minimum atomic E-state index is -0.480. The molecule has 3 aromatic rings. The van der Waals surface area contributed by atoms with E-state index in [-0.39, 0.29) is 18.3 Å². The third-order valence-electron chi connectivity index (χ3n) is 5.05. The number of pyridine rings is 1. The molecule has 2 heterocycles. The molecule has 0 atom stereocenters. The minimum Gasteiger partial charge on any atom is -0.481 e. The molecule has 0 unspecified atom stereocenters. The lowest BCUT2D eigenvalue weighted by Crippen LogP contribution is -2.32. The number of carbonyl (C=O) groups excluding carboxylic acids is 1. The quantitative estimate of drug-likeness (QED) is 0.668. The number of halogens is 1. The van der Waals surface area contributed by atoms with Crippen molar-refractivity contribution >= 4 is 5.91 Å². The lowest BCUT2D eigenvalue weighted by Gasteiger charge is -2.14. The predicted octanol–water partition coefficient (Wildman–Crippen LogP) is 3.16. The lowest BCUT2D eigenvalue weighted by molar-refractivity contribution is -0.123. The molecule has 1 aromatic carbocycles. The zero-order valence-corrected chi connectivity index (χ0v) is 16.1.